The number of methoxy groups -OCH3 is 1. The van der Waals surface area contributed by atoms with E-state index >= 15 is 0 Å². The van der Waals surface area contributed by atoms with Gasteiger partial charge in [0.05, 0.1) is 18.6 Å². The van der Waals surface area contributed by atoms with Gasteiger partial charge >= 0.3 is 0 Å². The molecule has 6 heteroatoms. The molecule has 0 unspecified atom stereocenters. The molecule has 124 valence electrons. The molecule has 0 atom stereocenters. The number of benzene rings is 1. The first-order valence-corrected chi connectivity index (χ1v) is 9.14. The third-order valence-corrected chi connectivity index (χ3v) is 5.20. The van der Waals surface area contributed by atoms with Crippen molar-refractivity contribution < 1.29 is 9.53 Å². The lowest BCUT2D eigenvalue weighted by molar-refractivity contribution is -0.113. The third-order valence-electron chi connectivity index (χ3n) is 3.04. The van der Waals surface area contributed by atoms with Gasteiger partial charge in [-0.15, -0.1) is 23.1 Å². The van der Waals surface area contributed by atoms with Crippen molar-refractivity contribution in [2.75, 3.05) is 18.2 Å². The van der Waals surface area contributed by atoms with Crippen molar-refractivity contribution in [3.63, 3.8) is 0 Å². The number of hydrogen-bond acceptors (Lipinski definition) is 5. The maximum absolute atomic E-state index is 12.0. The molecule has 0 saturated carbocycles. The Morgan fingerprint density at radius 3 is 2.52 bits per heavy atom. The van der Waals surface area contributed by atoms with Crippen molar-refractivity contribution in [2.24, 2.45) is 0 Å². The van der Waals surface area contributed by atoms with Crippen LogP contribution >= 0.6 is 23.1 Å². The molecule has 0 spiro atoms. The number of anilines is 1. The van der Waals surface area contributed by atoms with Gasteiger partial charge in [-0.2, -0.15) is 0 Å². The summed E-state index contributed by atoms with van der Waals surface area (Å²) in [5.41, 5.74) is 1.92. The van der Waals surface area contributed by atoms with E-state index < -0.39 is 0 Å². The number of amides is 1. The molecule has 1 amide bonds. The number of carbonyl (C=O) groups excluding carboxylic acids is 1. The summed E-state index contributed by atoms with van der Waals surface area (Å²) < 4.78 is 5.24. The normalized spacial score (nSPS) is 11.3. The van der Waals surface area contributed by atoms with E-state index in [9.17, 15) is 4.79 Å². The number of rotatable bonds is 5. The first-order chi connectivity index (χ1) is 10.8. The molecule has 0 aliphatic carbocycles. The minimum absolute atomic E-state index is 0.0139. The van der Waals surface area contributed by atoms with Gasteiger partial charge in [0, 0.05) is 15.2 Å². The fourth-order valence-electron chi connectivity index (χ4n) is 1.90. The average molecular weight is 351 g/mol. The predicted octanol–water partition coefficient (Wildman–Crippen LogP) is 4.60. The molecule has 23 heavy (non-hydrogen) atoms. The van der Waals surface area contributed by atoms with Crippen LogP contribution in [0.25, 0.3) is 11.3 Å². The van der Waals surface area contributed by atoms with Gasteiger partial charge in [-0.3, -0.25) is 4.79 Å². The Kier molecular flexibility index (Phi) is 5.70. The summed E-state index contributed by atoms with van der Waals surface area (Å²) in [5, 5.41) is 3.54. The largest absolute Gasteiger partial charge is 0.497 e. The summed E-state index contributed by atoms with van der Waals surface area (Å²) in [6.07, 6.45) is 0. The molecular formula is C17H22N2O2S2. The number of thiazole rings is 1. The lowest BCUT2D eigenvalue weighted by Gasteiger charge is -2.16. The Labute approximate surface area is 145 Å². The van der Waals surface area contributed by atoms with Crippen molar-refractivity contribution in [3.8, 4) is 17.0 Å². The number of hydrogen-bond donors (Lipinski definition) is 1. The molecule has 1 N–H and O–H groups in total. The Bertz CT molecular complexity index is 673. The van der Waals surface area contributed by atoms with E-state index in [1.54, 1.807) is 18.9 Å². The highest BCUT2D eigenvalue weighted by Gasteiger charge is 2.16. The molecule has 0 radical (unpaired) electrons. The van der Waals surface area contributed by atoms with E-state index in [2.05, 4.69) is 31.1 Å². The number of nitrogens with one attached hydrogen (secondary N) is 1. The van der Waals surface area contributed by atoms with Gasteiger partial charge in [0.1, 0.15) is 5.75 Å². The molecule has 0 aliphatic heterocycles. The van der Waals surface area contributed by atoms with Gasteiger partial charge in [-0.1, -0.05) is 20.8 Å². The summed E-state index contributed by atoms with van der Waals surface area (Å²) in [4.78, 5) is 17.7. The lowest BCUT2D eigenvalue weighted by atomic mass is 10.1. The fourth-order valence-corrected chi connectivity index (χ4v) is 3.39. The number of nitrogens with zero attached hydrogens (tertiary/aromatic N) is 1. The van der Waals surface area contributed by atoms with Gasteiger partial charge in [0.25, 0.3) is 0 Å². The monoisotopic (exact) mass is 350 g/mol. The molecular weight excluding hydrogens is 328 g/mol. The van der Waals surface area contributed by atoms with Crippen LogP contribution in [0.3, 0.4) is 0 Å². The molecule has 0 aliphatic rings. The first kappa shape index (κ1) is 17.8. The lowest BCUT2D eigenvalue weighted by Crippen LogP contribution is -2.18. The van der Waals surface area contributed by atoms with Gasteiger partial charge in [-0.25, -0.2) is 4.98 Å². The molecule has 1 heterocycles. The van der Waals surface area contributed by atoms with E-state index in [4.69, 9.17) is 4.74 Å². The smallest absolute Gasteiger partial charge is 0.236 e. The van der Waals surface area contributed by atoms with Gasteiger partial charge in [-0.05, 0) is 31.2 Å². The molecule has 0 bridgehead atoms. The summed E-state index contributed by atoms with van der Waals surface area (Å²) in [6, 6.07) is 7.77. The summed E-state index contributed by atoms with van der Waals surface area (Å²) in [6.45, 7) is 8.30. The zero-order chi connectivity index (χ0) is 17.0. The average Bonchev–Trinajstić information content (AvgIpc) is 2.85. The van der Waals surface area contributed by atoms with E-state index in [1.807, 2.05) is 31.2 Å². The van der Waals surface area contributed by atoms with E-state index in [0.29, 0.717) is 10.9 Å². The van der Waals surface area contributed by atoms with Crippen LogP contribution in [0.5, 0.6) is 5.75 Å². The second-order valence-corrected chi connectivity index (χ2v) is 9.11. The Balaban J connectivity index is 2.07. The zero-order valence-corrected chi connectivity index (χ0v) is 15.7. The SMILES string of the molecule is COc1ccc(-c2nc(NC(=O)CSC(C)(C)C)sc2C)cc1. The van der Waals surface area contributed by atoms with Crippen molar-refractivity contribution in [2.45, 2.75) is 32.4 Å². The molecule has 0 saturated heterocycles. The predicted molar refractivity (Wildman–Crippen MR) is 99.7 cm³/mol. The zero-order valence-electron chi connectivity index (χ0n) is 14.1. The van der Waals surface area contributed by atoms with Crippen molar-refractivity contribution in [1.29, 1.82) is 0 Å². The van der Waals surface area contributed by atoms with Crippen LogP contribution in [0.15, 0.2) is 24.3 Å². The van der Waals surface area contributed by atoms with Gasteiger partial charge in [0.15, 0.2) is 5.13 Å². The second-order valence-electron chi connectivity index (χ2n) is 6.10. The molecule has 0 fully saturated rings. The standard InChI is InChI=1S/C17H22N2O2S2/c1-11-15(12-6-8-13(21-5)9-7-12)19-16(23-11)18-14(20)10-22-17(2,3)4/h6-9H,10H2,1-5H3,(H,18,19,20). The fraction of sp³-hybridized carbons (Fsp3) is 0.412. The number of aromatic nitrogens is 1. The molecule has 1 aromatic heterocycles. The van der Waals surface area contributed by atoms with Crippen LogP contribution in [0.4, 0.5) is 5.13 Å². The third kappa shape index (κ3) is 5.25. The summed E-state index contributed by atoms with van der Waals surface area (Å²) in [5.74, 6) is 1.23. The van der Waals surface area contributed by atoms with Crippen molar-refractivity contribution >= 4 is 34.1 Å². The molecule has 2 rings (SSSR count). The van der Waals surface area contributed by atoms with Crippen molar-refractivity contribution in [3.05, 3.63) is 29.1 Å². The van der Waals surface area contributed by atoms with Crippen LogP contribution in [0.2, 0.25) is 0 Å². The molecule has 4 nitrogen and oxygen atoms in total. The van der Waals surface area contributed by atoms with Crippen LogP contribution in [-0.2, 0) is 4.79 Å². The Morgan fingerprint density at radius 1 is 1.30 bits per heavy atom. The minimum atomic E-state index is -0.0139. The second kappa shape index (κ2) is 7.36. The minimum Gasteiger partial charge on any atom is -0.497 e. The summed E-state index contributed by atoms with van der Waals surface area (Å²) >= 11 is 3.12. The van der Waals surface area contributed by atoms with E-state index in [1.165, 1.54) is 11.3 Å². The van der Waals surface area contributed by atoms with Gasteiger partial charge < -0.3 is 10.1 Å². The Morgan fingerprint density at radius 2 is 1.96 bits per heavy atom. The maximum atomic E-state index is 12.0. The Hall–Kier alpha value is -1.53. The number of carbonyl (C=O) groups is 1. The highest BCUT2D eigenvalue weighted by molar-refractivity contribution is 8.01. The molecule has 1 aromatic carbocycles. The highest BCUT2D eigenvalue weighted by Crippen LogP contribution is 2.31. The van der Waals surface area contributed by atoms with Crippen LogP contribution in [0, 0.1) is 6.92 Å². The van der Waals surface area contributed by atoms with Crippen LogP contribution in [0.1, 0.15) is 25.6 Å². The topological polar surface area (TPSA) is 51.2 Å². The van der Waals surface area contributed by atoms with E-state index in [-0.39, 0.29) is 10.7 Å². The van der Waals surface area contributed by atoms with Crippen LogP contribution < -0.4 is 10.1 Å². The summed E-state index contributed by atoms with van der Waals surface area (Å²) in [7, 11) is 1.65. The van der Waals surface area contributed by atoms with Gasteiger partial charge in [0.2, 0.25) is 5.91 Å². The number of ether oxygens (including phenoxy) is 1. The maximum Gasteiger partial charge on any atom is 0.236 e. The van der Waals surface area contributed by atoms with Crippen LogP contribution in [-0.4, -0.2) is 28.5 Å². The highest BCUT2D eigenvalue weighted by atomic mass is 32.2. The number of aryl methyl sites for hydroxylation is 1. The quantitative estimate of drug-likeness (QED) is 0.856. The first-order valence-electron chi connectivity index (χ1n) is 7.34. The number of thioether (sulfide) groups is 1. The van der Waals surface area contributed by atoms with Crippen molar-refractivity contribution in [1.82, 2.24) is 4.98 Å². The van der Waals surface area contributed by atoms with E-state index in [0.717, 1.165) is 21.9 Å². The molecule has 2 aromatic rings.